The minimum atomic E-state index is 0.611. The maximum atomic E-state index is 5.11. The van der Waals surface area contributed by atoms with Gasteiger partial charge in [-0.3, -0.25) is 0 Å². The Morgan fingerprint density at radius 1 is 1.60 bits per heavy atom. The summed E-state index contributed by atoms with van der Waals surface area (Å²) in [7, 11) is 0. The molecule has 0 unspecified atom stereocenters. The van der Waals surface area contributed by atoms with Crippen LogP contribution >= 0.6 is 28.1 Å². The highest BCUT2D eigenvalue weighted by Crippen LogP contribution is 2.19. The number of anilines is 1. The summed E-state index contributed by atoms with van der Waals surface area (Å²) in [6.45, 7) is 6.31. The molecule has 0 aromatic heterocycles. The van der Waals surface area contributed by atoms with Gasteiger partial charge in [0.2, 0.25) is 0 Å². The van der Waals surface area contributed by atoms with Crippen LogP contribution in [0.15, 0.2) is 35.3 Å². The van der Waals surface area contributed by atoms with Crippen LogP contribution in [0.5, 0.6) is 0 Å². The zero-order valence-electron chi connectivity index (χ0n) is 8.51. The van der Waals surface area contributed by atoms with Crippen LogP contribution in [0.4, 0.5) is 5.69 Å². The standard InChI is InChI=1S/C11H13BrN2S/c1-3-6-13-11(15)14-10-5-4-9(12)7-8(10)2/h3-5,7H,1,6H2,2H3,(H2,13,14,15). The molecule has 0 spiro atoms. The van der Waals surface area contributed by atoms with Crippen molar-refractivity contribution in [2.45, 2.75) is 6.92 Å². The fraction of sp³-hybridized carbons (Fsp3) is 0.182. The van der Waals surface area contributed by atoms with Crippen LogP contribution in [-0.2, 0) is 0 Å². The third-order valence-corrected chi connectivity index (χ3v) is 2.58. The number of hydrogen-bond donors (Lipinski definition) is 2. The van der Waals surface area contributed by atoms with Crippen molar-refractivity contribution in [1.29, 1.82) is 0 Å². The molecule has 0 aliphatic carbocycles. The molecule has 1 rings (SSSR count). The highest BCUT2D eigenvalue weighted by molar-refractivity contribution is 9.10. The summed E-state index contributed by atoms with van der Waals surface area (Å²) in [4.78, 5) is 0. The quantitative estimate of drug-likeness (QED) is 0.658. The van der Waals surface area contributed by atoms with Crippen LogP contribution in [0.3, 0.4) is 0 Å². The second-order valence-corrected chi connectivity index (χ2v) is 4.41. The Bertz CT molecular complexity index is 377. The fourth-order valence-electron chi connectivity index (χ4n) is 1.10. The first-order valence-electron chi connectivity index (χ1n) is 4.55. The van der Waals surface area contributed by atoms with E-state index in [0.29, 0.717) is 11.7 Å². The highest BCUT2D eigenvalue weighted by Gasteiger charge is 2.00. The summed E-state index contributed by atoms with van der Waals surface area (Å²) >= 11 is 8.53. The zero-order chi connectivity index (χ0) is 11.3. The molecule has 0 aliphatic rings. The first-order chi connectivity index (χ1) is 7.13. The third-order valence-electron chi connectivity index (χ3n) is 1.84. The van der Waals surface area contributed by atoms with Crippen molar-refractivity contribution >= 4 is 38.9 Å². The summed E-state index contributed by atoms with van der Waals surface area (Å²) in [6.07, 6.45) is 1.77. The van der Waals surface area contributed by atoms with Gasteiger partial charge in [0.05, 0.1) is 0 Å². The molecule has 0 fully saturated rings. The van der Waals surface area contributed by atoms with Gasteiger partial charge in [-0.15, -0.1) is 6.58 Å². The molecule has 0 saturated heterocycles. The molecule has 4 heteroatoms. The van der Waals surface area contributed by atoms with E-state index in [1.54, 1.807) is 6.08 Å². The van der Waals surface area contributed by atoms with Gasteiger partial charge in [-0.2, -0.15) is 0 Å². The second kappa shape index (κ2) is 5.88. The SMILES string of the molecule is C=CCNC(=S)Nc1ccc(Br)cc1C. The molecule has 2 nitrogen and oxygen atoms in total. The molecule has 0 saturated carbocycles. The largest absolute Gasteiger partial charge is 0.359 e. The lowest BCUT2D eigenvalue weighted by atomic mass is 10.2. The van der Waals surface area contributed by atoms with E-state index >= 15 is 0 Å². The lowest BCUT2D eigenvalue weighted by Gasteiger charge is -2.11. The predicted molar refractivity (Wildman–Crippen MR) is 73.3 cm³/mol. The number of aryl methyl sites for hydroxylation is 1. The molecule has 0 heterocycles. The smallest absolute Gasteiger partial charge is 0.171 e. The van der Waals surface area contributed by atoms with E-state index < -0.39 is 0 Å². The van der Waals surface area contributed by atoms with Gasteiger partial charge < -0.3 is 10.6 Å². The number of thiocarbonyl (C=S) groups is 1. The molecular weight excluding hydrogens is 272 g/mol. The summed E-state index contributed by atoms with van der Waals surface area (Å²) in [5.41, 5.74) is 2.16. The van der Waals surface area contributed by atoms with Crippen molar-refractivity contribution in [2.24, 2.45) is 0 Å². The van der Waals surface area contributed by atoms with Gasteiger partial charge in [0, 0.05) is 16.7 Å². The number of hydrogen-bond acceptors (Lipinski definition) is 1. The lowest BCUT2D eigenvalue weighted by molar-refractivity contribution is 1.06. The van der Waals surface area contributed by atoms with Crippen molar-refractivity contribution in [3.8, 4) is 0 Å². The molecule has 1 aromatic rings. The van der Waals surface area contributed by atoms with E-state index in [-0.39, 0.29) is 0 Å². The van der Waals surface area contributed by atoms with Crippen LogP contribution < -0.4 is 10.6 Å². The average molecular weight is 285 g/mol. The molecule has 0 amide bonds. The van der Waals surface area contributed by atoms with Crippen LogP contribution in [0.25, 0.3) is 0 Å². The minimum Gasteiger partial charge on any atom is -0.359 e. The first-order valence-corrected chi connectivity index (χ1v) is 5.75. The maximum Gasteiger partial charge on any atom is 0.171 e. The van der Waals surface area contributed by atoms with E-state index in [1.165, 1.54) is 0 Å². The third kappa shape index (κ3) is 4.01. The minimum absolute atomic E-state index is 0.611. The van der Waals surface area contributed by atoms with Gasteiger partial charge in [0.25, 0.3) is 0 Å². The molecule has 0 atom stereocenters. The summed E-state index contributed by atoms with van der Waals surface area (Å²) in [5.74, 6) is 0. The Balaban J connectivity index is 2.64. The molecule has 0 aliphatic heterocycles. The van der Waals surface area contributed by atoms with Crippen LogP contribution in [-0.4, -0.2) is 11.7 Å². The monoisotopic (exact) mass is 284 g/mol. The average Bonchev–Trinajstić information content (AvgIpc) is 2.19. The van der Waals surface area contributed by atoms with Gasteiger partial charge in [0.15, 0.2) is 5.11 Å². The van der Waals surface area contributed by atoms with Crippen molar-refractivity contribution in [3.63, 3.8) is 0 Å². The Kier molecular flexibility index (Phi) is 4.78. The van der Waals surface area contributed by atoms with Gasteiger partial charge in [-0.25, -0.2) is 0 Å². The van der Waals surface area contributed by atoms with E-state index in [1.807, 2.05) is 25.1 Å². The van der Waals surface area contributed by atoms with Crippen LogP contribution in [0.2, 0.25) is 0 Å². The summed E-state index contributed by atoms with van der Waals surface area (Å²) in [6, 6.07) is 6.01. The zero-order valence-corrected chi connectivity index (χ0v) is 10.9. The molecule has 15 heavy (non-hydrogen) atoms. The summed E-state index contributed by atoms with van der Waals surface area (Å²) in [5, 5.41) is 6.75. The van der Waals surface area contributed by atoms with E-state index in [0.717, 1.165) is 15.7 Å². The normalized spacial score (nSPS) is 9.47. The fourth-order valence-corrected chi connectivity index (χ4v) is 1.77. The molecule has 2 N–H and O–H groups in total. The lowest BCUT2D eigenvalue weighted by Crippen LogP contribution is -2.28. The maximum absolute atomic E-state index is 5.11. The molecule has 1 aromatic carbocycles. The first kappa shape index (κ1) is 12.2. The van der Waals surface area contributed by atoms with E-state index in [2.05, 4.69) is 33.1 Å². The van der Waals surface area contributed by atoms with Crippen molar-refractivity contribution < 1.29 is 0 Å². The molecule has 0 bridgehead atoms. The predicted octanol–water partition coefficient (Wildman–Crippen LogP) is 3.23. The van der Waals surface area contributed by atoms with Gasteiger partial charge in [-0.1, -0.05) is 22.0 Å². The van der Waals surface area contributed by atoms with Gasteiger partial charge in [-0.05, 0) is 42.9 Å². The van der Waals surface area contributed by atoms with Crippen LogP contribution in [0.1, 0.15) is 5.56 Å². The summed E-state index contributed by atoms with van der Waals surface area (Å²) < 4.78 is 1.07. The number of halogens is 1. The molecular formula is C11H13BrN2S. The number of benzene rings is 1. The Morgan fingerprint density at radius 3 is 2.93 bits per heavy atom. The number of nitrogens with one attached hydrogen (secondary N) is 2. The topological polar surface area (TPSA) is 24.1 Å². The Morgan fingerprint density at radius 2 is 2.33 bits per heavy atom. The Labute approximate surface area is 104 Å². The van der Waals surface area contributed by atoms with Crippen molar-refractivity contribution in [3.05, 3.63) is 40.9 Å². The van der Waals surface area contributed by atoms with Gasteiger partial charge in [0.1, 0.15) is 0 Å². The van der Waals surface area contributed by atoms with E-state index in [4.69, 9.17) is 12.2 Å². The van der Waals surface area contributed by atoms with Crippen molar-refractivity contribution in [1.82, 2.24) is 5.32 Å². The highest BCUT2D eigenvalue weighted by atomic mass is 79.9. The van der Waals surface area contributed by atoms with E-state index in [9.17, 15) is 0 Å². The van der Waals surface area contributed by atoms with Crippen molar-refractivity contribution in [2.75, 3.05) is 11.9 Å². The van der Waals surface area contributed by atoms with Gasteiger partial charge >= 0.3 is 0 Å². The molecule has 80 valence electrons. The number of rotatable bonds is 3. The Hall–Kier alpha value is -0.870. The second-order valence-electron chi connectivity index (χ2n) is 3.08. The molecule has 0 radical (unpaired) electrons. The van der Waals surface area contributed by atoms with Crippen LogP contribution in [0, 0.1) is 6.92 Å².